The first-order chi connectivity index (χ1) is 9.72. The Labute approximate surface area is 121 Å². The predicted molar refractivity (Wildman–Crippen MR) is 81.3 cm³/mol. The number of thiophene rings is 1. The molecule has 0 radical (unpaired) electrons. The van der Waals surface area contributed by atoms with Crippen molar-refractivity contribution < 1.29 is 4.74 Å². The third kappa shape index (κ3) is 2.12. The summed E-state index contributed by atoms with van der Waals surface area (Å²) in [4.78, 5) is 10.1. The number of imidazole rings is 1. The molecule has 0 saturated carbocycles. The lowest BCUT2D eigenvalue weighted by Gasteiger charge is -2.06. The Kier molecular flexibility index (Phi) is 3.31. The minimum absolute atomic E-state index is 0.483. The maximum absolute atomic E-state index is 6.03. The summed E-state index contributed by atoms with van der Waals surface area (Å²) in [5.74, 6) is 1.05. The molecule has 0 aromatic carbocycles. The van der Waals surface area contributed by atoms with Crippen molar-refractivity contribution in [3.63, 3.8) is 0 Å². The minimum Gasteiger partial charge on any atom is -0.481 e. The molecule has 0 unspecified atom stereocenters. The highest BCUT2D eigenvalue weighted by atomic mass is 32.1. The van der Waals surface area contributed by atoms with Crippen LogP contribution in [0.1, 0.15) is 17.4 Å². The molecule has 0 saturated heterocycles. The van der Waals surface area contributed by atoms with Gasteiger partial charge in [-0.15, -0.1) is 11.3 Å². The van der Waals surface area contributed by atoms with Crippen LogP contribution in [0.3, 0.4) is 0 Å². The van der Waals surface area contributed by atoms with Crippen molar-refractivity contribution in [3.8, 4) is 5.88 Å². The smallest absolute Gasteiger partial charge is 0.215 e. The highest BCUT2D eigenvalue weighted by Gasteiger charge is 2.13. The van der Waals surface area contributed by atoms with E-state index in [0.29, 0.717) is 18.4 Å². The molecule has 3 rings (SSSR count). The number of rotatable bonds is 4. The van der Waals surface area contributed by atoms with E-state index in [1.54, 1.807) is 24.5 Å². The molecule has 6 heteroatoms. The zero-order chi connectivity index (χ0) is 14.1. The van der Waals surface area contributed by atoms with Crippen LogP contribution in [0, 0.1) is 0 Å². The summed E-state index contributed by atoms with van der Waals surface area (Å²) < 4.78 is 7.11. The summed E-state index contributed by atoms with van der Waals surface area (Å²) >= 11 is 1.74. The molecule has 2 N–H and O–H groups in total. The van der Waals surface area contributed by atoms with Gasteiger partial charge in [0.2, 0.25) is 11.8 Å². The van der Waals surface area contributed by atoms with Crippen molar-refractivity contribution in [1.82, 2.24) is 14.5 Å². The van der Waals surface area contributed by atoms with E-state index in [4.69, 9.17) is 10.5 Å². The van der Waals surface area contributed by atoms with Crippen molar-refractivity contribution >= 4 is 28.4 Å². The van der Waals surface area contributed by atoms with E-state index in [9.17, 15) is 0 Å². The molecule has 0 amide bonds. The average molecular weight is 288 g/mol. The number of nitrogens with two attached hydrogens (primary N) is 1. The van der Waals surface area contributed by atoms with Crippen LogP contribution in [0.5, 0.6) is 5.88 Å². The predicted octanol–water partition coefficient (Wildman–Crippen LogP) is 2.69. The molecule has 3 aromatic heterocycles. The Morgan fingerprint density at radius 2 is 2.15 bits per heavy atom. The second kappa shape index (κ2) is 5.13. The summed E-state index contributed by atoms with van der Waals surface area (Å²) in [6, 6.07) is 5.83. The topological polar surface area (TPSA) is 66.0 Å². The van der Waals surface area contributed by atoms with Gasteiger partial charge in [0.1, 0.15) is 5.52 Å². The maximum atomic E-state index is 6.03. The fraction of sp³-hybridized carbons (Fsp3) is 0.286. The first-order valence-electron chi connectivity index (χ1n) is 6.45. The molecule has 0 atom stereocenters. The van der Waals surface area contributed by atoms with Crippen molar-refractivity contribution in [3.05, 3.63) is 34.0 Å². The van der Waals surface area contributed by atoms with Crippen LogP contribution in [0.25, 0.3) is 11.2 Å². The fourth-order valence-electron chi connectivity index (χ4n) is 2.24. The summed E-state index contributed by atoms with van der Waals surface area (Å²) in [6.45, 7) is 2.85. The number of pyridine rings is 1. The molecule has 3 aromatic rings. The van der Waals surface area contributed by atoms with Gasteiger partial charge in [0.15, 0.2) is 5.65 Å². The Bertz CT molecular complexity index is 747. The third-order valence-electron chi connectivity index (χ3n) is 3.33. The molecular weight excluding hydrogens is 272 g/mol. The van der Waals surface area contributed by atoms with Crippen molar-refractivity contribution in [2.45, 2.75) is 19.9 Å². The normalized spacial score (nSPS) is 11.1. The van der Waals surface area contributed by atoms with E-state index >= 15 is 0 Å². The Morgan fingerprint density at radius 3 is 2.90 bits per heavy atom. The van der Waals surface area contributed by atoms with Crippen molar-refractivity contribution in [2.24, 2.45) is 0 Å². The van der Waals surface area contributed by atoms with E-state index in [-0.39, 0.29) is 0 Å². The zero-order valence-electron chi connectivity index (χ0n) is 11.5. The van der Waals surface area contributed by atoms with Gasteiger partial charge in [0.05, 0.1) is 13.7 Å². The molecule has 20 heavy (non-hydrogen) atoms. The van der Waals surface area contributed by atoms with Gasteiger partial charge < -0.3 is 10.5 Å². The van der Waals surface area contributed by atoms with Gasteiger partial charge in [0, 0.05) is 10.9 Å². The van der Waals surface area contributed by atoms with Gasteiger partial charge in [-0.1, -0.05) is 6.92 Å². The zero-order valence-corrected chi connectivity index (χ0v) is 12.3. The van der Waals surface area contributed by atoms with E-state index in [1.165, 1.54) is 10.4 Å². The second-order valence-corrected chi connectivity index (χ2v) is 5.48. The van der Waals surface area contributed by atoms with Crippen LogP contribution in [-0.2, 0) is 13.0 Å². The van der Waals surface area contributed by atoms with Gasteiger partial charge in [-0.05, 0) is 29.5 Å². The second-order valence-electron chi connectivity index (χ2n) is 4.48. The average Bonchev–Trinajstić information content (AvgIpc) is 3.03. The molecular formula is C14H16N4OS. The summed E-state index contributed by atoms with van der Waals surface area (Å²) in [5.41, 5.74) is 8.93. The lowest BCUT2D eigenvalue weighted by molar-refractivity contribution is 0.399. The Hall–Kier alpha value is -2.08. The molecule has 0 aliphatic rings. The number of nitrogens with zero attached hydrogens (tertiary/aromatic N) is 3. The quantitative estimate of drug-likeness (QED) is 0.801. The summed E-state index contributed by atoms with van der Waals surface area (Å²) in [5, 5.41) is 2.11. The molecule has 104 valence electrons. The number of anilines is 1. The summed E-state index contributed by atoms with van der Waals surface area (Å²) in [7, 11) is 1.60. The maximum Gasteiger partial charge on any atom is 0.215 e. The van der Waals surface area contributed by atoms with E-state index in [1.807, 2.05) is 10.6 Å². The third-order valence-corrected chi connectivity index (χ3v) is 4.27. The van der Waals surface area contributed by atoms with Gasteiger partial charge in [-0.25, -0.2) is 4.98 Å². The van der Waals surface area contributed by atoms with Crippen molar-refractivity contribution in [1.29, 1.82) is 0 Å². The number of fused-ring (bicyclic) bond motifs is 1. The first kappa shape index (κ1) is 12.9. The van der Waals surface area contributed by atoms with Crippen LogP contribution in [0.15, 0.2) is 23.6 Å². The number of methoxy groups -OCH3 is 1. The monoisotopic (exact) mass is 288 g/mol. The standard InChI is InChI=1S/C14H16N4OS/c1-3-9-6-7-20-11(9)8-18-13-10(16-14(18)15)4-5-12(17-13)19-2/h4-7H,3,8H2,1-2H3,(H2,15,16). The number of aromatic nitrogens is 3. The minimum atomic E-state index is 0.483. The lowest BCUT2D eigenvalue weighted by atomic mass is 10.2. The lowest BCUT2D eigenvalue weighted by Crippen LogP contribution is -2.05. The number of aryl methyl sites for hydroxylation is 1. The highest BCUT2D eigenvalue weighted by molar-refractivity contribution is 7.10. The highest BCUT2D eigenvalue weighted by Crippen LogP contribution is 2.24. The summed E-state index contributed by atoms with van der Waals surface area (Å²) in [6.07, 6.45) is 1.02. The fourth-order valence-corrected chi connectivity index (χ4v) is 3.20. The van der Waals surface area contributed by atoms with E-state index in [0.717, 1.165) is 17.6 Å². The van der Waals surface area contributed by atoms with Crippen LogP contribution in [-0.4, -0.2) is 21.6 Å². The van der Waals surface area contributed by atoms with Crippen molar-refractivity contribution in [2.75, 3.05) is 12.8 Å². The first-order valence-corrected chi connectivity index (χ1v) is 7.33. The number of nitrogen functional groups attached to an aromatic ring is 1. The number of hydrogen-bond donors (Lipinski definition) is 1. The Balaban J connectivity index is 2.08. The molecule has 0 aliphatic carbocycles. The van der Waals surface area contributed by atoms with E-state index < -0.39 is 0 Å². The van der Waals surface area contributed by atoms with Gasteiger partial charge in [-0.3, -0.25) is 4.57 Å². The molecule has 0 bridgehead atoms. The molecule has 3 heterocycles. The van der Waals surface area contributed by atoms with Gasteiger partial charge >= 0.3 is 0 Å². The van der Waals surface area contributed by atoms with Crippen LogP contribution < -0.4 is 10.5 Å². The molecule has 5 nitrogen and oxygen atoms in total. The van der Waals surface area contributed by atoms with Crippen LogP contribution >= 0.6 is 11.3 Å². The van der Waals surface area contributed by atoms with Crippen LogP contribution in [0.4, 0.5) is 5.95 Å². The van der Waals surface area contributed by atoms with Gasteiger partial charge in [0.25, 0.3) is 0 Å². The molecule has 0 spiro atoms. The molecule has 0 aliphatic heterocycles. The number of ether oxygens (including phenoxy) is 1. The van der Waals surface area contributed by atoms with Crippen LogP contribution in [0.2, 0.25) is 0 Å². The Morgan fingerprint density at radius 1 is 1.30 bits per heavy atom. The molecule has 0 fully saturated rings. The van der Waals surface area contributed by atoms with Gasteiger partial charge in [-0.2, -0.15) is 4.98 Å². The largest absolute Gasteiger partial charge is 0.481 e. The SMILES string of the molecule is CCc1ccsc1Cn1c(N)nc2ccc(OC)nc21. The van der Waals surface area contributed by atoms with E-state index in [2.05, 4.69) is 28.3 Å². The number of hydrogen-bond acceptors (Lipinski definition) is 5.